The molecular formula is C12H24S. The Kier molecular flexibility index (Phi) is 3.07. The van der Waals surface area contributed by atoms with Gasteiger partial charge in [0.05, 0.1) is 0 Å². The van der Waals surface area contributed by atoms with Gasteiger partial charge in [0.25, 0.3) is 0 Å². The lowest BCUT2D eigenvalue weighted by molar-refractivity contribution is 0.363. The molecule has 13 heavy (non-hydrogen) atoms. The highest BCUT2D eigenvalue weighted by Gasteiger charge is 2.38. The molecular weight excluding hydrogens is 176 g/mol. The topological polar surface area (TPSA) is 0 Å². The summed E-state index contributed by atoms with van der Waals surface area (Å²) in [4.78, 5) is 0. The zero-order chi connectivity index (χ0) is 10.3. The van der Waals surface area contributed by atoms with E-state index >= 15 is 0 Å². The normalized spacial score (nSPS) is 30.9. The van der Waals surface area contributed by atoms with Crippen LogP contribution in [0.1, 0.15) is 54.4 Å². The molecule has 1 aliphatic rings. The molecule has 2 unspecified atom stereocenters. The van der Waals surface area contributed by atoms with Crippen molar-refractivity contribution in [2.45, 2.75) is 64.9 Å². The lowest BCUT2D eigenvalue weighted by Crippen LogP contribution is -2.23. The Balaban J connectivity index is 2.55. The van der Waals surface area contributed by atoms with Crippen molar-refractivity contribution in [3.63, 3.8) is 0 Å². The zero-order valence-corrected chi connectivity index (χ0v) is 10.8. The Labute approximate surface area is 87.9 Å². The second-order valence-corrected chi connectivity index (χ2v) is 7.83. The van der Waals surface area contributed by atoms with Crippen LogP contribution in [0.25, 0.3) is 0 Å². The predicted molar refractivity (Wildman–Crippen MR) is 63.3 cm³/mol. The van der Waals surface area contributed by atoms with Gasteiger partial charge in [-0.1, -0.05) is 41.5 Å². The first-order valence-electron chi connectivity index (χ1n) is 5.37. The molecule has 1 rings (SSSR count). The highest BCUT2D eigenvalue weighted by atomic mass is 32.2. The first-order chi connectivity index (χ1) is 5.71. The van der Waals surface area contributed by atoms with Crippen molar-refractivity contribution in [2.24, 2.45) is 10.8 Å². The molecule has 0 bridgehead atoms. The van der Waals surface area contributed by atoms with Crippen LogP contribution in [0.15, 0.2) is 0 Å². The van der Waals surface area contributed by atoms with Crippen molar-refractivity contribution in [3.05, 3.63) is 0 Å². The zero-order valence-electron chi connectivity index (χ0n) is 9.98. The third-order valence-electron chi connectivity index (χ3n) is 2.95. The quantitative estimate of drug-likeness (QED) is 0.560. The first-order valence-corrected chi connectivity index (χ1v) is 6.31. The van der Waals surface area contributed by atoms with Crippen LogP contribution in [0.3, 0.4) is 0 Å². The maximum atomic E-state index is 2.37. The molecule has 0 aromatic heterocycles. The van der Waals surface area contributed by atoms with Crippen LogP contribution >= 0.6 is 11.8 Å². The lowest BCUT2D eigenvalue weighted by Gasteiger charge is -2.30. The van der Waals surface area contributed by atoms with Crippen molar-refractivity contribution in [3.8, 4) is 0 Å². The fraction of sp³-hybridized carbons (Fsp3) is 1.00. The minimum atomic E-state index is 0.491. The van der Waals surface area contributed by atoms with Crippen molar-refractivity contribution in [1.29, 1.82) is 0 Å². The Morgan fingerprint density at radius 2 is 1.08 bits per heavy atom. The third-order valence-corrected chi connectivity index (χ3v) is 5.49. The monoisotopic (exact) mass is 200 g/mol. The SMILES string of the molecule is CC(C)(C)C1CCC(C(C)(C)C)S1. The van der Waals surface area contributed by atoms with Crippen molar-refractivity contribution in [1.82, 2.24) is 0 Å². The molecule has 0 saturated carbocycles. The molecule has 1 heteroatoms. The van der Waals surface area contributed by atoms with E-state index in [4.69, 9.17) is 0 Å². The van der Waals surface area contributed by atoms with E-state index in [1.807, 2.05) is 0 Å². The average Bonchev–Trinajstić information content (AvgIpc) is 2.28. The van der Waals surface area contributed by atoms with Gasteiger partial charge in [0, 0.05) is 10.5 Å². The molecule has 0 N–H and O–H groups in total. The number of hydrogen-bond acceptors (Lipinski definition) is 1. The molecule has 0 radical (unpaired) electrons. The molecule has 1 aliphatic heterocycles. The Bertz CT molecular complexity index is 151. The summed E-state index contributed by atoms with van der Waals surface area (Å²) in [7, 11) is 0. The fourth-order valence-corrected chi connectivity index (χ4v) is 3.67. The summed E-state index contributed by atoms with van der Waals surface area (Å²) in [6, 6.07) is 0. The Morgan fingerprint density at radius 1 is 0.769 bits per heavy atom. The van der Waals surface area contributed by atoms with Crippen LogP contribution in [0, 0.1) is 10.8 Å². The van der Waals surface area contributed by atoms with E-state index in [9.17, 15) is 0 Å². The Morgan fingerprint density at radius 3 is 1.23 bits per heavy atom. The van der Waals surface area contributed by atoms with E-state index in [1.165, 1.54) is 12.8 Å². The second-order valence-electron chi connectivity index (χ2n) is 6.42. The molecule has 1 fully saturated rings. The summed E-state index contributed by atoms with van der Waals surface area (Å²) >= 11 is 2.22. The average molecular weight is 200 g/mol. The maximum Gasteiger partial charge on any atom is 0.00989 e. The van der Waals surface area contributed by atoms with Crippen molar-refractivity contribution in [2.75, 3.05) is 0 Å². The summed E-state index contributed by atoms with van der Waals surface area (Å²) < 4.78 is 0. The molecule has 0 nitrogen and oxygen atoms in total. The van der Waals surface area contributed by atoms with Crippen LogP contribution in [0.2, 0.25) is 0 Å². The smallest absolute Gasteiger partial charge is 0.00989 e. The van der Waals surface area contributed by atoms with Crippen LogP contribution in [-0.2, 0) is 0 Å². The second kappa shape index (κ2) is 3.49. The van der Waals surface area contributed by atoms with E-state index in [2.05, 4.69) is 53.3 Å². The summed E-state index contributed by atoms with van der Waals surface area (Å²) in [5.41, 5.74) is 0.981. The highest BCUT2D eigenvalue weighted by molar-refractivity contribution is 8.00. The van der Waals surface area contributed by atoms with Crippen molar-refractivity contribution < 1.29 is 0 Å². The Hall–Kier alpha value is 0.350. The van der Waals surface area contributed by atoms with Gasteiger partial charge < -0.3 is 0 Å². The predicted octanol–water partition coefficient (Wildman–Crippen LogP) is 4.34. The van der Waals surface area contributed by atoms with Gasteiger partial charge in [-0.2, -0.15) is 11.8 Å². The molecule has 0 aliphatic carbocycles. The molecule has 1 saturated heterocycles. The van der Waals surface area contributed by atoms with Crippen LogP contribution in [-0.4, -0.2) is 10.5 Å². The van der Waals surface area contributed by atoms with E-state index in [1.54, 1.807) is 0 Å². The van der Waals surface area contributed by atoms with Gasteiger partial charge in [0.1, 0.15) is 0 Å². The molecule has 0 amide bonds. The van der Waals surface area contributed by atoms with Gasteiger partial charge in [-0.25, -0.2) is 0 Å². The minimum absolute atomic E-state index is 0.491. The summed E-state index contributed by atoms with van der Waals surface area (Å²) in [6.07, 6.45) is 2.83. The first kappa shape index (κ1) is 11.4. The van der Waals surface area contributed by atoms with E-state index < -0.39 is 0 Å². The van der Waals surface area contributed by atoms with Gasteiger partial charge in [-0.05, 0) is 23.7 Å². The van der Waals surface area contributed by atoms with E-state index in [-0.39, 0.29) is 0 Å². The van der Waals surface area contributed by atoms with Gasteiger partial charge in [-0.15, -0.1) is 0 Å². The summed E-state index contributed by atoms with van der Waals surface area (Å²) in [6.45, 7) is 14.2. The largest absolute Gasteiger partial charge is 0.154 e. The molecule has 0 spiro atoms. The highest BCUT2D eigenvalue weighted by Crippen LogP contribution is 2.48. The van der Waals surface area contributed by atoms with E-state index in [0.717, 1.165) is 10.5 Å². The molecule has 0 aromatic carbocycles. The van der Waals surface area contributed by atoms with Crippen LogP contribution < -0.4 is 0 Å². The van der Waals surface area contributed by atoms with Gasteiger partial charge in [0.2, 0.25) is 0 Å². The number of rotatable bonds is 0. The molecule has 78 valence electrons. The summed E-state index contributed by atoms with van der Waals surface area (Å²) in [5.74, 6) is 0. The molecule has 1 heterocycles. The molecule has 2 atom stereocenters. The van der Waals surface area contributed by atoms with E-state index in [0.29, 0.717) is 10.8 Å². The number of hydrogen-bond donors (Lipinski definition) is 0. The van der Waals surface area contributed by atoms with Gasteiger partial charge >= 0.3 is 0 Å². The number of thioether (sulfide) groups is 1. The standard InChI is InChI=1S/C12H24S/c1-11(2,3)9-7-8-10(13-9)12(4,5)6/h9-10H,7-8H2,1-6H3. The molecule has 0 aromatic rings. The maximum absolute atomic E-state index is 2.37. The van der Waals surface area contributed by atoms with Gasteiger partial charge in [0.15, 0.2) is 0 Å². The fourth-order valence-electron chi connectivity index (χ4n) is 1.91. The summed E-state index contributed by atoms with van der Waals surface area (Å²) in [5, 5.41) is 1.74. The lowest BCUT2D eigenvalue weighted by atomic mass is 9.85. The third kappa shape index (κ3) is 2.90. The minimum Gasteiger partial charge on any atom is -0.154 e. The van der Waals surface area contributed by atoms with Gasteiger partial charge in [-0.3, -0.25) is 0 Å². The van der Waals surface area contributed by atoms with Crippen LogP contribution in [0.4, 0.5) is 0 Å². The van der Waals surface area contributed by atoms with Crippen molar-refractivity contribution >= 4 is 11.8 Å². The van der Waals surface area contributed by atoms with Crippen LogP contribution in [0.5, 0.6) is 0 Å².